The maximum Gasteiger partial charge on any atom is 0.417 e. The van der Waals surface area contributed by atoms with Gasteiger partial charge >= 0.3 is 6.18 Å². The summed E-state index contributed by atoms with van der Waals surface area (Å²) in [5.74, 6) is 0.490. The van der Waals surface area contributed by atoms with Crippen molar-refractivity contribution in [3.05, 3.63) is 59.4 Å². The molecule has 0 radical (unpaired) electrons. The Morgan fingerprint density at radius 1 is 1.10 bits per heavy atom. The lowest BCUT2D eigenvalue weighted by Crippen LogP contribution is -2.49. The average Bonchev–Trinajstić information content (AvgIpc) is 3.52. The Hall–Kier alpha value is -2.57. The van der Waals surface area contributed by atoms with Gasteiger partial charge in [-0.15, -0.1) is 0 Å². The van der Waals surface area contributed by atoms with Crippen LogP contribution in [0.25, 0.3) is 0 Å². The number of pyridine rings is 1. The molecule has 2 heterocycles. The summed E-state index contributed by atoms with van der Waals surface area (Å²) in [7, 11) is 0. The minimum absolute atomic E-state index is 0.140. The number of amides is 1. The molecule has 1 aromatic carbocycles. The number of hydrogen-bond acceptors (Lipinski definition) is 3. The molecule has 7 heteroatoms. The maximum absolute atomic E-state index is 13.2. The van der Waals surface area contributed by atoms with Crippen molar-refractivity contribution in [2.75, 3.05) is 11.4 Å². The van der Waals surface area contributed by atoms with Gasteiger partial charge in [-0.05, 0) is 48.8 Å². The molecule has 4 nitrogen and oxygen atoms in total. The molecule has 0 unspecified atom stereocenters. The standard InChI is InChI=1S/C22H24F3N3O/c1-14(29)27-20-3-2-10-28(19-11-18(12-26-13-19)22(23,24)25)21(20)17-8-6-16(7-9-17)15-4-5-15/h6-9,11-13,15,20-21H,2-5,10H2,1H3,(H,27,29)/t20-,21-/m1/s1. The smallest absolute Gasteiger partial charge is 0.361 e. The van der Waals surface area contributed by atoms with E-state index in [0.717, 1.165) is 30.7 Å². The first-order valence-electron chi connectivity index (χ1n) is 9.99. The fourth-order valence-corrected chi connectivity index (χ4v) is 4.23. The maximum atomic E-state index is 13.2. The number of benzene rings is 1. The lowest BCUT2D eigenvalue weighted by molar-refractivity contribution is -0.137. The van der Waals surface area contributed by atoms with Crippen LogP contribution >= 0.6 is 0 Å². The summed E-state index contributed by atoms with van der Waals surface area (Å²) in [4.78, 5) is 17.6. The van der Waals surface area contributed by atoms with Gasteiger partial charge in [0.2, 0.25) is 5.91 Å². The van der Waals surface area contributed by atoms with Crippen molar-refractivity contribution in [3.8, 4) is 0 Å². The Morgan fingerprint density at radius 3 is 2.41 bits per heavy atom. The Morgan fingerprint density at radius 2 is 1.79 bits per heavy atom. The zero-order valence-electron chi connectivity index (χ0n) is 16.2. The van der Waals surface area contributed by atoms with Crippen LogP contribution in [-0.4, -0.2) is 23.5 Å². The third kappa shape index (κ3) is 4.38. The molecule has 1 amide bonds. The molecule has 1 aromatic heterocycles. The Kier molecular flexibility index (Phi) is 5.23. The lowest BCUT2D eigenvalue weighted by Gasteiger charge is -2.43. The number of hydrogen-bond donors (Lipinski definition) is 1. The van der Waals surface area contributed by atoms with Gasteiger partial charge in [-0.25, -0.2) is 0 Å². The Bertz CT molecular complexity index is 878. The first-order chi connectivity index (χ1) is 13.8. The summed E-state index contributed by atoms with van der Waals surface area (Å²) in [5, 5.41) is 3.00. The Balaban J connectivity index is 1.71. The molecule has 1 aliphatic heterocycles. The highest BCUT2D eigenvalue weighted by molar-refractivity contribution is 5.73. The molecule has 0 spiro atoms. The van der Waals surface area contributed by atoms with Gasteiger partial charge in [-0.1, -0.05) is 24.3 Å². The van der Waals surface area contributed by atoms with Crippen LogP contribution in [0.4, 0.5) is 18.9 Å². The predicted molar refractivity (Wildman–Crippen MR) is 105 cm³/mol. The van der Waals surface area contributed by atoms with Crippen molar-refractivity contribution in [1.82, 2.24) is 10.3 Å². The number of carbonyl (C=O) groups excluding carboxylic acids is 1. The number of nitrogens with zero attached hydrogens (tertiary/aromatic N) is 2. The van der Waals surface area contributed by atoms with Gasteiger partial charge < -0.3 is 10.2 Å². The normalized spacial score (nSPS) is 22.4. The van der Waals surface area contributed by atoms with Crippen LogP contribution in [0, 0.1) is 0 Å². The number of piperidine rings is 1. The molecular weight excluding hydrogens is 379 g/mol. The minimum atomic E-state index is -4.45. The van der Waals surface area contributed by atoms with Gasteiger partial charge in [-0.2, -0.15) is 13.2 Å². The summed E-state index contributed by atoms with van der Waals surface area (Å²) in [6, 6.07) is 9.03. The molecule has 1 saturated carbocycles. The molecule has 2 aromatic rings. The third-order valence-corrected chi connectivity index (χ3v) is 5.73. The molecule has 2 fully saturated rings. The summed E-state index contributed by atoms with van der Waals surface area (Å²) in [6.45, 7) is 2.08. The minimum Gasteiger partial charge on any atom is -0.361 e. The Labute approximate surface area is 168 Å². The van der Waals surface area contributed by atoms with Crippen LogP contribution in [-0.2, 0) is 11.0 Å². The van der Waals surface area contributed by atoms with Crippen molar-refractivity contribution >= 4 is 11.6 Å². The van der Waals surface area contributed by atoms with Gasteiger partial charge in [-0.3, -0.25) is 9.78 Å². The van der Waals surface area contributed by atoms with Crippen LogP contribution in [0.5, 0.6) is 0 Å². The van der Waals surface area contributed by atoms with Crippen LogP contribution in [0.15, 0.2) is 42.7 Å². The van der Waals surface area contributed by atoms with Crippen molar-refractivity contribution in [1.29, 1.82) is 0 Å². The quantitative estimate of drug-likeness (QED) is 0.796. The summed E-state index contributed by atoms with van der Waals surface area (Å²) in [6.07, 6.45) is 1.83. The van der Waals surface area contributed by atoms with E-state index in [4.69, 9.17) is 0 Å². The topological polar surface area (TPSA) is 45.2 Å². The van der Waals surface area contributed by atoms with E-state index >= 15 is 0 Å². The number of carbonyl (C=O) groups is 1. The van der Waals surface area contributed by atoms with E-state index < -0.39 is 11.7 Å². The van der Waals surface area contributed by atoms with Gasteiger partial charge in [0, 0.05) is 19.7 Å². The molecule has 2 aliphatic rings. The zero-order valence-corrected chi connectivity index (χ0v) is 16.2. The average molecular weight is 403 g/mol. The van der Waals surface area contributed by atoms with E-state index in [2.05, 4.69) is 22.4 Å². The SMILES string of the molecule is CC(=O)N[C@@H]1CCCN(c2cncc(C(F)(F)F)c2)[C@@H]1c1ccc(C2CC2)cc1. The van der Waals surface area contributed by atoms with Gasteiger partial charge in [0.15, 0.2) is 0 Å². The molecule has 4 rings (SSSR count). The fourth-order valence-electron chi connectivity index (χ4n) is 4.23. The number of alkyl halides is 3. The lowest BCUT2D eigenvalue weighted by atomic mass is 9.89. The van der Waals surface area contributed by atoms with Crippen LogP contribution < -0.4 is 10.2 Å². The molecule has 1 N–H and O–H groups in total. The van der Waals surface area contributed by atoms with E-state index in [1.165, 1.54) is 31.5 Å². The fraction of sp³-hybridized carbons (Fsp3) is 0.455. The highest BCUT2D eigenvalue weighted by atomic mass is 19.4. The van der Waals surface area contributed by atoms with E-state index in [1.807, 2.05) is 17.0 Å². The van der Waals surface area contributed by atoms with Crippen molar-refractivity contribution in [2.45, 2.75) is 56.8 Å². The van der Waals surface area contributed by atoms with E-state index in [1.54, 1.807) is 0 Å². The summed E-state index contributed by atoms with van der Waals surface area (Å²) >= 11 is 0. The molecule has 0 bridgehead atoms. The molecule has 154 valence electrons. The summed E-state index contributed by atoms with van der Waals surface area (Å²) < 4.78 is 39.6. The summed E-state index contributed by atoms with van der Waals surface area (Å²) in [5.41, 5.74) is 1.95. The highest BCUT2D eigenvalue weighted by Gasteiger charge is 2.36. The van der Waals surface area contributed by atoms with Crippen molar-refractivity contribution < 1.29 is 18.0 Å². The molecular formula is C22H24F3N3O. The molecule has 1 saturated heterocycles. The molecule has 2 atom stereocenters. The second-order valence-corrected chi connectivity index (χ2v) is 7.96. The largest absolute Gasteiger partial charge is 0.417 e. The number of halogens is 3. The van der Waals surface area contributed by atoms with E-state index in [-0.39, 0.29) is 18.0 Å². The van der Waals surface area contributed by atoms with E-state index in [0.29, 0.717) is 18.2 Å². The number of anilines is 1. The van der Waals surface area contributed by atoms with Gasteiger partial charge in [0.25, 0.3) is 0 Å². The molecule has 29 heavy (non-hydrogen) atoms. The first kappa shape index (κ1) is 19.7. The van der Waals surface area contributed by atoms with Gasteiger partial charge in [0.05, 0.1) is 29.5 Å². The second kappa shape index (κ2) is 7.69. The molecule has 1 aliphatic carbocycles. The third-order valence-electron chi connectivity index (χ3n) is 5.73. The first-order valence-corrected chi connectivity index (χ1v) is 9.99. The van der Waals surface area contributed by atoms with Crippen molar-refractivity contribution in [3.63, 3.8) is 0 Å². The van der Waals surface area contributed by atoms with E-state index in [9.17, 15) is 18.0 Å². The second-order valence-electron chi connectivity index (χ2n) is 7.96. The number of rotatable bonds is 4. The van der Waals surface area contributed by atoms with Crippen molar-refractivity contribution in [2.24, 2.45) is 0 Å². The van der Waals surface area contributed by atoms with Crippen LogP contribution in [0.2, 0.25) is 0 Å². The number of aromatic nitrogens is 1. The predicted octanol–water partition coefficient (Wildman–Crippen LogP) is 4.82. The number of nitrogens with one attached hydrogen (secondary N) is 1. The monoisotopic (exact) mass is 403 g/mol. The van der Waals surface area contributed by atoms with Crippen LogP contribution in [0.1, 0.15) is 61.3 Å². The van der Waals surface area contributed by atoms with Crippen LogP contribution in [0.3, 0.4) is 0 Å². The zero-order chi connectivity index (χ0) is 20.6. The van der Waals surface area contributed by atoms with Gasteiger partial charge in [0.1, 0.15) is 0 Å². The highest BCUT2D eigenvalue weighted by Crippen LogP contribution is 2.42.